The SMILES string of the molecule is O=C(CSc1nnc(Nc2ccc(Oc3ccccc3)cc2)s1)N1CCC1. The summed E-state index contributed by atoms with van der Waals surface area (Å²) in [5.74, 6) is 2.16. The first kappa shape index (κ1) is 17.8. The van der Waals surface area contributed by atoms with Gasteiger partial charge >= 0.3 is 0 Å². The van der Waals surface area contributed by atoms with Crippen molar-refractivity contribution < 1.29 is 9.53 Å². The second kappa shape index (κ2) is 8.41. The maximum Gasteiger partial charge on any atom is 0.233 e. The summed E-state index contributed by atoms with van der Waals surface area (Å²) in [7, 11) is 0. The molecule has 8 heteroatoms. The minimum atomic E-state index is 0.171. The van der Waals surface area contributed by atoms with Crippen molar-refractivity contribution in [3.05, 3.63) is 54.6 Å². The first-order valence-corrected chi connectivity index (χ1v) is 10.4. The Hall–Kier alpha value is -2.58. The van der Waals surface area contributed by atoms with Gasteiger partial charge in [-0.2, -0.15) is 0 Å². The average molecular weight is 399 g/mol. The van der Waals surface area contributed by atoms with Gasteiger partial charge in [-0.3, -0.25) is 4.79 Å². The quantitative estimate of drug-likeness (QED) is 0.595. The van der Waals surface area contributed by atoms with Gasteiger partial charge < -0.3 is 15.0 Å². The second-order valence-corrected chi connectivity index (χ2v) is 8.16. The molecule has 1 fully saturated rings. The molecule has 27 heavy (non-hydrogen) atoms. The van der Waals surface area contributed by atoms with Crippen molar-refractivity contribution in [2.45, 2.75) is 10.8 Å². The molecule has 2 aromatic carbocycles. The van der Waals surface area contributed by atoms with Crippen LogP contribution in [-0.2, 0) is 4.79 Å². The van der Waals surface area contributed by atoms with Crippen molar-refractivity contribution in [2.24, 2.45) is 0 Å². The number of nitrogens with one attached hydrogen (secondary N) is 1. The van der Waals surface area contributed by atoms with E-state index < -0.39 is 0 Å². The van der Waals surface area contributed by atoms with Gasteiger partial charge in [0.05, 0.1) is 5.75 Å². The lowest BCUT2D eigenvalue weighted by atomic mass is 10.2. The number of nitrogens with zero attached hydrogens (tertiary/aromatic N) is 3. The van der Waals surface area contributed by atoms with E-state index in [-0.39, 0.29) is 5.91 Å². The molecular formula is C19H18N4O2S2. The van der Waals surface area contributed by atoms with Gasteiger partial charge in [-0.05, 0) is 42.8 Å². The molecule has 1 saturated heterocycles. The number of aromatic nitrogens is 2. The normalized spacial score (nSPS) is 13.1. The number of hydrogen-bond acceptors (Lipinski definition) is 7. The van der Waals surface area contributed by atoms with Crippen LogP contribution in [0.15, 0.2) is 58.9 Å². The Labute approximate surface area is 165 Å². The van der Waals surface area contributed by atoms with Gasteiger partial charge in [0, 0.05) is 18.8 Å². The van der Waals surface area contributed by atoms with Crippen LogP contribution in [0.4, 0.5) is 10.8 Å². The van der Waals surface area contributed by atoms with Crippen LogP contribution in [0.3, 0.4) is 0 Å². The first-order valence-electron chi connectivity index (χ1n) is 8.60. The lowest BCUT2D eigenvalue weighted by molar-refractivity contribution is -0.131. The molecule has 6 nitrogen and oxygen atoms in total. The van der Waals surface area contributed by atoms with Crippen LogP contribution in [0.5, 0.6) is 11.5 Å². The van der Waals surface area contributed by atoms with Gasteiger partial charge in [0.25, 0.3) is 0 Å². The molecule has 1 amide bonds. The number of likely N-dealkylation sites (tertiary alicyclic amines) is 1. The van der Waals surface area contributed by atoms with Crippen LogP contribution in [-0.4, -0.2) is 39.8 Å². The number of ether oxygens (including phenoxy) is 1. The van der Waals surface area contributed by atoms with E-state index in [4.69, 9.17) is 4.74 Å². The van der Waals surface area contributed by atoms with E-state index in [1.165, 1.54) is 23.1 Å². The Morgan fingerprint density at radius 2 is 1.81 bits per heavy atom. The molecular weight excluding hydrogens is 380 g/mol. The number of amides is 1. The van der Waals surface area contributed by atoms with Gasteiger partial charge in [0.2, 0.25) is 11.0 Å². The molecule has 0 unspecified atom stereocenters. The van der Waals surface area contributed by atoms with E-state index in [0.29, 0.717) is 10.9 Å². The van der Waals surface area contributed by atoms with E-state index >= 15 is 0 Å². The largest absolute Gasteiger partial charge is 0.457 e. The molecule has 0 bridgehead atoms. The predicted molar refractivity (Wildman–Crippen MR) is 108 cm³/mol. The summed E-state index contributed by atoms with van der Waals surface area (Å²) in [5.41, 5.74) is 0.903. The van der Waals surface area contributed by atoms with Gasteiger partial charge in [-0.15, -0.1) is 10.2 Å². The molecule has 1 aliphatic heterocycles. The summed E-state index contributed by atoms with van der Waals surface area (Å²) in [4.78, 5) is 13.8. The van der Waals surface area contributed by atoms with Gasteiger partial charge in [0.1, 0.15) is 11.5 Å². The molecule has 138 valence electrons. The van der Waals surface area contributed by atoms with E-state index in [2.05, 4.69) is 15.5 Å². The van der Waals surface area contributed by atoms with E-state index in [0.717, 1.165) is 41.0 Å². The molecule has 1 N–H and O–H groups in total. The topological polar surface area (TPSA) is 67.3 Å². The van der Waals surface area contributed by atoms with Gasteiger partial charge in [0.15, 0.2) is 4.34 Å². The summed E-state index contributed by atoms with van der Waals surface area (Å²) in [6, 6.07) is 17.3. The Morgan fingerprint density at radius 3 is 2.52 bits per heavy atom. The van der Waals surface area contributed by atoms with Crippen molar-refractivity contribution in [1.82, 2.24) is 15.1 Å². The third kappa shape index (κ3) is 4.78. The fourth-order valence-corrected chi connectivity index (χ4v) is 4.13. The maximum atomic E-state index is 11.9. The molecule has 0 spiro atoms. The zero-order chi connectivity index (χ0) is 18.5. The highest BCUT2D eigenvalue weighted by Gasteiger charge is 2.20. The molecule has 1 aliphatic rings. The van der Waals surface area contributed by atoms with Crippen molar-refractivity contribution in [2.75, 3.05) is 24.2 Å². The average Bonchev–Trinajstić information content (AvgIpc) is 3.08. The lowest BCUT2D eigenvalue weighted by Crippen LogP contribution is -2.42. The van der Waals surface area contributed by atoms with Crippen LogP contribution in [0, 0.1) is 0 Å². The number of benzene rings is 2. The van der Waals surface area contributed by atoms with Crippen LogP contribution < -0.4 is 10.1 Å². The third-order valence-corrected chi connectivity index (χ3v) is 5.98. The van der Waals surface area contributed by atoms with Gasteiger partial charge in [-0.1, -0.05) is 41.3 Å². The highest BCUT2D eigenvalue weighted by atomic mass is 32.2. The summed E-state index contributed by atoms with van der Waals surface area (Å²) < 4.78 is 6.57. The second-order valence-electron chi connectivity index (χ2n) is 5.96. The van der Waals surface area contributed by atoms with E-state index in [1.807, 2.05) is 59.5 Å². The van der Waals surface area contributed by atoms with E-state index in [9.17, 15) is 4.79 Å². The van der Waals surface area contributed by atoms with Gasteiger partial charge in [-0.25, -0.2) is 0 Å². The number of rotatable bonds is 7. The maximum absolute atomic E-state index is 11.9. The number of para-hydroxylation sites is 1. The van der Waals surface area contributed by atoms with Crippen LogP contribution in [0.25, 0.3) is 0 Å². The highest BCUT2D eigenvalue weighted by Crippen LogP contribution is 2.29. The summed E-state index contributed by atoms with van der Waals surface area (Å²) in [6.45, 7) is 1.76. The zero-order valence-electron chi connectivity index (χ0n) is 14.5. The monoisotopic (exact) mass is 398 g/mol. The van der Waals surface area contributed by atoms with Crippen molar-refractivity contribution >= 4 is 39.8 Å². The molecule has 1 aromatic heterocycles. The number of carbonyl (C=O) groups excluding carboxylic acids is 1. The first-order chi connectivity index (χ1) is 13.3. The fraction of sp³-hybridized carbons (Fsp3) is 0.211. The Balaban J connectivity index is 1.30. The number of thioether (sulfide) groups is 1. The summed E-state index contributed by atoms with van der Waals surface area (Å²) >= 11 is 2.88. The molecule has 0 radical (unpaired) electrons. The van der Waals surface area contributed by atoms with Crippen LogP contribution in [0.2, 0.25) is 0 Å². The van der Waals surface area contributed by atoms with Crippen LogP contribution in [0.1, 0.15) is 6.42 Å². The van der Waals surface area contributed by atoms with Crippen molar-refractivity contribution in [3.8, 4) is 11.5 Å². The highest BCUT2D eigenvalue weighted by molar-refractivity contribution is 8.01. The van der Waals surface area contributed by atoms with Crippen molar-refractivity contribution in [1.29, 1.82) is 0 Å². The molecule has 2 heterocycles. The Kier molecular flexibility index (Phi) is 5.55. The molecule has 3 aromatic rings. The molecule has 0 aliphatic carbocycles. The fourth-order valence-electron chi connectivity index (χ4n) is 2.45. The molecule has 4 rings (SSSR count). The number of carbonyl (C=O) groups is 1. The predicted octanol–water partition coefficient (Wildman–Crippen LogP) is 4.40. The standard InChI is InChI=1S/C19H18N4O2S2/c24-17(23-11-4-12-23)13-26-19-22-21-18(27-19)20-14-7-9-16(10-8-14)25-15-5-2-1-3-6-15/h1-3,5-10H,4,11-13H2,(H,20,21). The Bertz CT molecular complexity index is 896. The number of anilines is 2. The zero-order valence-corrected chi connectivity index (χ0v) is 16.1. The minimum Gasteiger partial charge on any atom is -0.457 e. The smallest absolute Gasteiger partial charge is 0.233 e. The minimum absolute atomic E-state index is 0.171. The number of hydrogen-bond donors (Lipinski definition) is 1. The third-order valence-electron chi connectivity index (χ3n) is 4.02. The van der Waals surface area contributed by atoms with E-state index in [1.54, 1.807) is 0 Å². The van der Waals surface area contributed by atoms with Crippen molar-refractivity contribution in [3.63, 3.8) is 0 Å². The summed E-state index contributed by atoms with van der Waals surface area (Å²) in [5, 5.41) is 12.2. The Morgan fingerprint density at radius 1 is 1.07 bits per heavy atom. The molecule has 0 atom stereocenters. The van der Waals surface area contributed by atoms with Crippen LogP contribution >= 0.6 is 23.1 Å². The summed E-state index contributed by atoms with van der Waals surface area (Å²) in [6.07, 6.45) is 1.11. The lowest BCUT2D eigenvalue weighted by Gasteiger charge is -2.30. The molecule has 0 saturated carbocycles.